The van der Waals surface area contributed by atoms with Crippen molar-refractivity contribution < 1.29 is 0 Å². The molecule has 1 aliphatic carbocycles. The van der Waals surface area contributed by atoms with E-state index in [4.69, 9.17) is 0 Å². The summed E-state index contributed by atoms with van der Waals surface area (Å²) in [5.74, 6) is 0. The van der Waals surface area contributed by atoms with Crippen LogP contribution in [0.1, 0.15) is 17.5 Å². The van der Waals surface area contributed by atoms with Crippen LogP contribution in [0.4, 0.5) is 0 Å². The standard InChI is InChI=1S/C52H35N/c1-2-15-35(16-3-1)46-33-47(38-27-26-34-14-4-5-17-37(34)32-38)50(52-45-23-9-7-19-41(45)40-18-6-8-22-44(40)51(46)52)36-28-30-39(31-29-36)53-48-24-12-10-20-42(48)43-21-11-13-25-49(43)53/h1-6,8-18,20-33H,7,19H2. The summed E-state index contributed by atoms with van der Waals surface area (Å²) in [5, 5.41) is 10.4. The van der Waals surface area contributed by atoms with Crippen LogP contribution in [0.3, 0.4) is 0 Å². The number of hydrogen-bond donors (Lipinski definition) is 0. The number of aryl methyl sites for hydroxylation is 1. The molecule has 0 unspecified atom stereocenters. The van der Waals surface area contributed by atoms with Crippen LogP contribution in [0, 0.1) is 0 Å². The molecule has 0 fully saturated rings. The lowest BCUT2D eigenvalue weighted by molar-refractivity contribution is 1.00. The Balaban J connectivity index is 1.26. The molecular weight excluding hydrogens is 639 g/mol. The second kappa shape index (κ2) is 11.9. The van der Waals surface area contributed by atoms with Crippen molar-refractivity contribution in [1.29, 1.82) is 0 Å². The first-order chi connectivity index (χ1) is 26.3. The van der Waals surface area contributed by atoms with E-state index in [0.717, 1.165) is 18.5 Å². The molecule has 1 heteroatoms. The zero-order chi connectivity index (χ0) is 34.9. The van der Waals surface area contributed by atoms with Crippen LogP contribution in [0.15, 0.2) is 182 Å². The average Bonchev–Trinajstić information content (AvgIpc) is 3.58. The van der Waals surface area contributed by atoms with Gasteiger partial charge in [-0.1, -0.05) is 152 Å². The highest BCUT2D eigenvalue weighted by atomic mass is 15.0. The highest BCUT2D eigenvalue weighted by Crippen LogP contribution is 2.50. The van der Waals surface area contributed by atoms with Gasteiger partial charge in [0.25, 0.3) is 0 Å². The summed E-state index contributed by atoms with van der Waals surface area (Å²) in [5.41, 5.74) is 13.9. The molecule has 0 aliphatic heterocycles. The fourth-order valence-electron chi connectivity index (χ4n) is 9.08. The normalized spacial score (nSPS) is 12.7. The van der Waals surface area contributed by atoms with Crippen LogP contribution < -0.4 is 0 Å². The van der Waals surface area contributed by atoms with Crippen molar-refractivity contribution in [3.05, 3.63) is 193 Å². The highest BCUT2D eigenvalue weighted by Gasteiger charge is 2.24. The van der Waals surface area contributed by atoms with Crippen LogP contribution in [0.2, 0.25) is 0 Å². The molecule has 0 spiro atoms. The Morgan fingerprint density at radius 3 is 1.79 bits per heavy atom. The average molecular weight is 674 g/mol. The van der Waals surface area contributed by atoms with E-state index in [-0.39, 0.29) is 0 Å². The van der Waals surface area contributed by atoms with Gasteiger partial charge in [0, 0.05) is 16.5 Å². The van der Waals surface area contributed by atoms with Crippen molar-refractivity contribution in [3.63, 3.8) is 0 Å². The van der Waals surface area contributed by atoms with E-state index in [1.807, 2.05) is 0 Å². The van der Waals surface area contributed by atoms with Crippen molar-refractivity contribution in [3.8, 4) is 39.1 Å². The number of para-hydroxylation sites is 2. The minimum atomic E-state index is 1.04. The summed E-state index contributed by atoms with van der Waals surface area (Å²) >= 11 is 0. The Labute approximate surface area is 308 Å². The monoisotopic (exact) mass is 673 g/mol. The summed E-state index contributed by atoms with van der Waals surface area (Å²) in [6, 6.07) is 65.1. The fourth-order valence-corrected chi connectivity index (χ4v) is 9.08. The Morgan fingerprint density at radius 2 is 1.04 bits per heavy atom. The van der Waals surface area contributed by atoms with E-state index in [2.05, 4.69) is 193 Å². The molecule has 0 saturated carbocycles. The Kier molecular flexibility index (Phi) is 6.75. The molecule has 11 rings (SSSR count). The lowest BCUT2D eigenvalue weighted by Crippen LogP contribution is -2.02. The Hall–Kier alpha value is -6.70. The van der Waals surface area contributed by atoms with Crippen LogP contribution in [0.5, 0.6) is 0 Å². The SMILES string of the molecule is C1=Cc2c(c3ccccc3c3c(-c4ccccc4)cc(-c4ccc5ccccc5c4)c(-c4ccc(-n5c6ccccc6c6ccccc65)cc4)c23)CC1. The third kappa shape index (κ3) is 4.64. The number of allylic oxidation sites excluding steroid dienone is 1. The number of aromatic nitrogens is 1. The lowest BCUT2D eigenvalue weighted by Gasteiger charge is -2.25. The molecule has 1 aromatic heterocycles. The molecule has 248 valence electrons. The molecule has 1 nitrogen and oxygen atoms in total. The lowest BCUT2D eigenvalue weighted by atomic mass is 9.78. The summed E-state index contributed by atoms with van der Waals surface area (Å²) in [6.07, 6.45) is 6.87. The molecule has 0 radical (unpaired) electrons. The maximum absolute atomic E-state index is 2.48. The first-order valence-corrected chi connectivity index (χ1v) is 18.7. The molecule has 53 heavy (non-hydrogen) atoms. The molecular formula is C52H35N. The van der Waals surface area contributed by atoms with Gasteiger partial charge in [-0.2, -0.15) is 0 Å². The molecule has 0 atom stereocenters. The van der Waals surface area contributed by atoms with Crippen molar-refractivity contribution in [2.45, 2.75) is 12.8 Å². The summed E-state index contributed by atoms with van der Waals surface area (Å²) < 4.78 is 2.41. The van der Waals surface area contributed by atoms with Crippen molar-refractivity contribution in [2.75, 3.05) is 0 Å². The zero-order valence-corrected chi connectivity index (χ0v) is 29.3. The Morgan fingerprint density at radius 1 is 0.415 bits per heavy atom. The third-order valence-electron chi connectivity index (χ3n) is 11.4. The van der Waals surface area contributed by atoms with E-state index in [0.29, 0.717) is 0 Å². The molecule has 9 aromatic carbocycles. The van der Waals surface area contributed by atoms with E-state index in [9.17, 15) is 0 Å². The van der Waals surface area contributed by atoms with Gasteiger partial charge < -0.3 is 4.57 Å². The highest BCUT2D eigenvalue weighted by molar-refractivity contribution is 6.24. The molecule has 0 N–H and O–H groups in total. The van der Waals surface area contributed by atoms with E-state index in [1.165, 1.54) is 98.6 Å². The summed E-state index contributed by atoms with van der Waals surface area (Å²) in [6.45, 7) is 0. The predicted octanol–water partition coefficient (Wildman–Crippen LogP) is 14.2. The smallest absolute Gasteiger partial charge is 0.0541 e. The maximum atomic E-state index is 2.48. The molecule has 0 saturated heterocycles. The minimum Gasteiger partial charge on any atom is -0.309 e. The van der Waals surface area contributed by atoms with Gasteiger partial charge in [-0.05, 0) is 126 Å². The largest absolute Gasteiger partial charge is 0.309 e. The van der Waals surface area contributed by atoms with Gasteiger partial charge >= 0.3 is 0 Å². The minimum absolute atomic E-state index is 1.04. The van der Waals surface area contributed by atoms with Gasteiger partial charge in [0.05, 0.1) is 11.0 Å². The molecule has 10 aromatic rings. The van der Waals surface area contributed by atoms with Crippen LogP contribution in [-0.4, -0.2) is 4.57 Å². The predicted molar refractivity (Wildman–Crippen MR) is 227 cm³/mol. The molecule has 1 aliphatic rings. The second-order valence-electron chi connectivity index (χ2n) is 14.3. The first kappa shape index (κ1) is 30.0. The third-order valence-corrected chi connectivity index (χ3v) is 11.4. The quantitative estimate of drug-likeness (QED) is 0.164. The number of fused-ring (bicyclic) bond motifs is 10. The maximum Gasteiger partial charge on any atom is 0.0541 e. The number of benzene rings is 9. The first-order valence-electron chi connectivity index (χ1n) is 18.7. The van der Waals surface area contributed by atoms with Gasteiger partial charge in [-0.15, -0.1) is 0 Å². The van der Waals surface area contributed by atoms with Gasteiger partial charge in [0.1, 0.15) is 0 Å². The van der Waals surface area contributed by atoms with E-state index < -0.39 is 0 Å². The van der Waals surface area contributed by atoms with E-state index in [1.54, 1.807) is 0 Å². The second-order valence-corrected chi connectivity index (χ2v) is 14.3. The van der Waals surface area contributed by atoms with Crippen LogP contribution >= 0.6 is 0 Å². The summed E-state index contributed by atoms with van der Waals surface area (Å²) in [4.78, 5) is 0. The van der Waals surface area contributed by atoms with Crippen molar-refractivity contribution >= 4 is 60.2 Å². The Bertz CT molecular complexity index is 3030. The van der Waals surface area contributed by atoms with Gasteiger partial charge in [0.15, 0.2) is 0 Å². The number of rotatable bonds is 4. The molecule has 1 heterocycles. The summed E-state index contributed by atoms with van der Waals surface area (Å²) in [7, 11) is 0. The van der Waals surface area contributed by atoms with Crippen LogP contribution in [-0.2, 0) is 6.42 Å². The number of nitrogens with zero attached hydrogens (tertiary/aromatic N) is 1. The van der Waals surface area contributed by atoms with Gasteiger partial charge in [0.2, 0.25) is 0 Å². The van der Waals surface area contributed by atoms with Crippen molar-refractivity contribution in [1.82, 2.24) is 4.57 Å². The van der Waals surface area contributed by atoms with Gasteiger partial charge in [-0.25, -0.2) is 0 Å². The molecule has 0 bridgehead atoms. The number of hydrogen-bond acceptors (Lipinski definition) is 0. The molecule has 0 amide bonds. The van der Waals surface area contributed by atoms with E-state index >= 15 is 0 Å². The van der Waals surface area contributed by atoms with Crippen LogP contribution in [0.25, 0.3) is 99.3 Å². The van der Waals surface area contributed by atoms with Gasteiger partial charge in [-0.3, -0.25) is 0 Å². The van der Waals surface area contributed by atoms with Crippen molar-refractivity contribution in [2.24, 2.45) is 0 Å². The zero-order valence-electron chi connectivity index (χ0n) is 29.3. The fraction of sp³-hybridized carbons (Fsp3) is 0.0385. The topological polar surface area (TPSA) is 4.93 Å².